The van der Waals surface area contributed by atoms with Crippen molar-refractivity contribution in [3.8, 4) is 33.6 Å². The predicted molar refractivity (Wildman–Crippen MR) is 172 cm³/mol. The quantitative estimate of drug-likeness (QED) is 0.168. The molecule has 0 aliphatic heterocycles. The summed E-state index contributed by atoms with van der Waals surface area (Å²) in [5.74, 6) is -0.397. The van der Waals surface area contributed by atoms with Crippen LogP contribution in [0.5, 0.6) is 0 Å². The molecule has 0 unspecified atom stereocenters. The van der Waals surface area contributed by atoms with Gasteiger partial charge in [-0.05, 0) is 58.9 Å². The van der Waals surface area contributed by atoms with E-state index in [9.17, 15) is 0 Å². The van der Waals surface area contributed by atoms with E-state index in [2.05, 4.69) is 27.1 Å². The summed E-state index contributed by atoms with van der Waals surface area (Å²) in [4.78, 5) is 12.5. The molecule has 1 radical (unpaired) electrons. The Morgan fingerprint density at radius 2 is 1.56 bits per heavy atom. The summed E-state index contributed by atoms with van der Waals surface area (Å²) >= 11 is 0. The average molecular weight is 758 g/mol. The Bertz CT molecular complexity index is 2300. The summed E-state index contributed by atoms with van der Waals surface area (Å²) < 4.78 is 113. The van der Waals surface area contributed by atoms with Gasteiger partial charge in [-0.2, -0.15) is 0 Å². The molecule has 6 rings (SSSR count). The molecule has 3 heterocycles. The third kappa shape index (κ3) is 8.34. The van der Waals surface area contributed by atoms with Gasteiger partial charge in [-0.3, -0.25) is 0 Å². The van der Waals surface area contributed by atoms with Crippen LogP contribution in [0.1, 0.15) is 68.1 Å². The van der Waals surface area contributed by atoms with Crippen molar-refractivity contribution in [3.63, 3.8) is 0 Å². The third-order valence-corrected chi connectivity index (χ3v) is 6.06. The molecule has 0 fully saturated rings. The van der Waals surface area contributed by atoms with Crippen molar-refractivity contribution in [1.29, 1.82) is 0 Å². The van der Waals surface area contributed by atoms with Gasteiger partial charge in [-0.25, -0.2) is 4.98 Å². The fraction of sp³-hybridized carbons (Fsp3) is 0.237. The monoisotopic (exact) mass is 758 g/mol. The van der Waals surface area contributed by atoms with Gasteiger partial charge in [0.15, 0.2) is 11.5 Å². The molecule has 0 atom stereocenters. The second-order valence-electron chi connectivity index (χ2n) is 10.6. The molecule has 221 valence electrons. The van der Waals surface area contributed by atoms with E-state index in [0.29, 0.717) is 44.7 Å². The van der Waals surface area contributed by atoms with Crippen molar-refractivity contribution in [2.75, 3.05) is 0 Å². The largest absolute Gasteiger partial charge is 0.441 e. The fourth-order valence-corrected chi connectivity index (χ4v) is 4.17. The topological polar surface area (TPSA) is 51.8 Å². The first-order valence-corrected chi connectivity index (χ1v) is 13.1. The number of aryl methyl sites for hydroxylation is 4. The normalized spacial score (nSPS) is 17.4. The summed E-state index contributed by atoms with van der Waals surface area (Å²) in [7, 11) is 0. The number of pyridine rings is 2. The minimum Gasteiger partial charge on any atom is -0.441 e. The molecule has 3 aromatic heterocycles. The predicted octanol–water partition coefficient (Wildman–Crippen LogP) is 9.73. The molecular weight excluding hydrogens is 707 g/mol. The third-order valence-electron chi connectivity index (χ3n) is 6.06. The Morgan fingerprint density at radius 3 is 2.21 bits per heavy atom. The van der Waals surface area contributed by atoms with Gasteiger partial charge in [-0.1, -0.05) is 70.4 Å². The Labute approximate surface area is 288 Å². The second-order valence-corrected chi connectivity index (χ2v) is 10.6. The van der Waals surface area contributed by atoms with Crippen LogP contribution in [0, 0.1) is 45.0 Å². The number of aromatic nitrogens is 3. The van der Waals surface area contributed by atoms with E-state index < -0.39 is 45.1 Å². The minimum atomic E-state index is -2.51. The van der Waals surface area contributed by atoms with Crippen molar-refractivity contribution in [2.24, 2.45) is 5.41 Å². The fourth-order valence-electron chi connectivity index (χ4n) is 4.17. The van der Waals surface area contributed by atoms with Gasteiger partial charge in [0, 0.05) is 58.5 Å². The molecule has 3 aromatic carbocycles. The van der Waals surface area contributed by atoms with Crippen LogP contribution in [0.4, 0.5) is 0 Å². The molecule has 0 aliphatic rings. The van der Waals surface area contributed by atoms with Gasteiger partial charge in [-0.15, -0.1) is 64.7 Å². The smallest absolute Gasteiger partial charge is 0.192 e. The van der Waals surface area contributed by atoms with Gasteiger partial charge < -0.3 is 14.4 Å². The number of nitrogens with zero attached hydrogens (tertiary/aromatic N) is 3. The van der Waals surface area contributed by atoms with Crippen molar-refractivity contribution >= 4 is 11.1 Å². The number of rotatable bonds is 4. The molecule has 5 heteroatoms. The minimum absolute atomic E-state index is 0. The molecule has 4 nitrogen and oxygen atoms in total. The van der Waals surface area contributed by atoms with E-state index in [1.165, 1.54) is 42.7 Å². The molecular formula is C38H37IrN3O-2. The zero-order valence-electron chi connectivity index (χ0n) is 37.7. The molecule has 0 N–H and O–H groups in total. The van der Waals surface area contributed by atoms with Crippen molar-refractivity contribution in [2.45, 2.75) is 54.6 Å². The van der Waals surface area contributed by atoms with Gasteiger partial charge >= 0.3 is 0 Å². The summed E-state index contributed by atoms with van der Waals surface area (Å²) in [5, 5.41) is 0. The van der Waals surface area contributed by atoms with Crippen LogP contribution in [-0.4, -0.2) is 15.0 Å². The van der Waals surface area contributed by atoms with Crippen LogP contribution in [-0.2, 0) is 26.5 Å². The van der Waals surface area contributed by atoms with Gasteiger partial charge in [0.2, 0.25) is 0 Å². The molecule has 0 aliphatic carbocycles. The molecule has 43 heavy (non-hydrogen) atoms. The number of benzene rings is 3. The number of hydrogen-bond donors (Lipinski definition) is 0. The standard InChI is InChI=1S/C21H17N2O.C17H20N.Ir/c1-13-4-8-19(22-12-13)17-6-5-14(2)18(10-17)16-7-9-20-21(11-16)24-15(3)23-20;1-13-5-8-15(9-6-13)16-10-7-14(12-18-16)11-17(2,3)4;/h4-5,7-12H,1-3H3;5-8,10,12H,11H2,1-4H3;/q2*-1;/i1D3,2D3,3D3;1D3,11D2;. The number of fused-ring (bicyclic) bond motifs is 1. The van der Waals surface area contributed by atoms with Crippen LogP contribution in [0.2, 0.25) is 0 Å². The van der Waals surface area contributed by atoms with Crippen molar-refractivity contribution in [3.05, 3.63) is 125 Å². The summed E-state index contributed by atoms with van der Waals surface area (Å²) in [6.07, 6.45) is 1.30. The van der Waals surface area contributed by atoms with E-state index in [-0.39, 0.29) is 42.4 Å². The van der Waals surface area contributed by atoms with Gasteiger partial charge in [0.25, 0.3) is 0 Å². The van der Waals surface area contributed by atoms with Gasteiger partial charge in [0.1, 0.15) is 5.52 Å². The Hall–Kier alpha value is -3.92. The molecule has 6 aromatic rings. The van der Waals surface area contributed by atoms with Crippen LogP contribution in [0.3, 0.4) is 0 Å². The van der Waals surface area contributed by atoms with Crippen LogP contribution in [0.15, 0.2) is 89.6 Å². The van der Waals surface area contributed by atoms with E-state index in [1.807, 2.05) is 20.8 Å². The van der Waals surface area contributed by atoms with Crippen molar-refractivity contribution < 1.29 is 43.7 Å². The first-order chi connectivity index (χ1) is 25.7. The molecule has 0 spiro atoms. The van der Waals surface area contributed by atoms with Crippen LogP contribution >= 0.6 is 0 Å². The molecule has 0 saturated carbocycles. The summed E-state index contributed by atoms with van der Waals surface area (Å²) in [6, 6.07) is 24.6. The summed E-state index contributed by atoms with van der Waals surface area (Å²) in [6.45, 7) is -3.83. The Morgan fingerprint density at radius 1 is 0.791 bits per heavy atom. The Kier molecular flexibility index (Phi) is 5.69. The first kappa shape index (κ1) is 18.0. The maximum atomic E-state index is 8.25. The van der Waals surface area contributed by atoms with Crippen LogP contribution in [0.25, 0.3) is 44.7 Å². The van der Waals surface area contributed by atoms with E-state index in [1.54, 1.807) is 42.5 Å². The number of hydrogen-bond acceptors (Lipinski definition) is 4. The first-order valence-electron chi connectivity index (χ1n) is 20.1. The van der Waals surface area contributed by atoms with E-state index in [0.717, 1.165) is 0 Å². The Balaban J connectivity index is 0.000000265. The summed E-state index contributed by atoms with van der Waals surface area (Å²) in [5.41, 5.74) is 3.95. The maximum absolute atomic E-state index is 8.25. The van der Waals surface area contributed by atoms with Crippen molar-refractivity contribution in [1.82, 2.24) is 15.0 Å². The molecule has 0 saturated heterocycles. The van der Waals surface area contributed by atoms with Gasteiger partial charge in [0.05, 0.1) is 0 Å². The zero-order valence-corrected chi connectivity index (χ0v) is 26.1. The molecule has 0 amide bonds. The second kappa shape index (κ2) is 13.6. The molecule has 0 bridgehead atoms. The maximum Gasteiger partial charge on any atom is 0.192 e. The van der Waals surface area contributed by atoms with E-state index in [4.69, 9.17) is 23.6 Å². The van der Waals surface area contributed by atoms with E-state index >= 15 is 0 Å². The van der Waals surface area contributed by atoms with Crippen LogP contribution < -0.4 is 0 Å². The zero-order chi connectivity index (χ0) is 41.6. The SMILES string of the molecule is [2H]C([2H])([2H])c1c[c-]c(-c2ccc(C([2H])([2H])C(C)(C)C)cn2)cc1.[2H]C([2H])([2H])c1ccc(-c2[c-]cc(C([2H])([2H])[2H])c(-c3ccc4nc(C([2H])([2H])[2H])oc4c3)c2)nc1.[Ir]. The number of oxazole rings is 1. The average Bonchev–Trinajstić information content (AvgIpc) is 3.55.